The van der Waals surface area contributed by atoms with Crippen molar-refractivity contribution in [1.29, 1.82) is 0 Å². The van der Waals surface area contributed by atoms with Gasteiger partial charge < -0.3 is 10.2 Å². The molecule has 3 heterocycles. The SMILES string of the molecule is OC[C@@H](O)Cn1cc(-c2cnc(-c3ccccn3)nc2)nn1. The fraction of sp³-hybridized carbons (Fsp3) is 0.214. The van der Waals surface area contributed by atoms with Crippen molar-refractivity contribution in [1.82, 2.24) is 29.9 Å². The lowest BCUT2D eigenvalue weighted by atomic mass is 10.2. The lowest BCUT2D eigenvalue weighted by molar-refractivity contribution is 0.0778. The molecule has 0 fully saturated rings. The Morgan fingerprint density at radius 2 is 1.91 bits per heavy atom. The molecule has 22 heavy (non-hydrogen) atoms. The predicted molar refractivity (Wildman–Crippen MR) is 77.4 cm³/mol. The van der Waals surface area contributed by atoms with E-state index in [4.69, 9.17) is 5.11 Å². The third-order valence-corrected chi connectivity index (χ3v) is 2.99. The Bertz CT molecular complexity index is 729. The molecule has 8 heteroatoms. The van der Waals surface area contributed by atoms with Gasteiger partial charge in [0.15, 0.2) is 5.82 Å². The van der Waals surface area contributed by atoms with Crippen LogP contribution in [0.2, 0.25) is 0 Å². The van der Waals surface area contributed by atoms with Crippen LogP contribution in [0.4, 0.5) is 0 Å². The number of rotatable bonds is 5. The van der Waals surface area contributed by atoms with Gasteiger partial charge in [0.25, 0.3) is 0 Å². The van der Waals surface area contributed by atoms with Gasteiger partial charge >= 0.3 is 0 Å². The van der Waals surface area contributed by atoms with Crippen molar-refractivity contribution in [3.8, 4) is 22.8 Å². The fourth-order valence-corrected chi connectivity index (χ4v) is 1.88. The number of aliphatic hydroxyl groups is 2. The smallest absolute Gasteiger partial charge is 0.178 e. The van der Waals surface area contributed by atoms with E-state index < -0.39 is 6.10 Å². The zero-order valence-corrected chi connectivity index (χ0v) is 11.6. The van der Waals surface area contributed by atoms with E-state index in [1.165, 1.54) is 4.68 Å². The summed E-state index contributed by atoms with van der Waals surface area (Å²) in [6.07, 6.45) is 5.78. The van der Waals surface area contributed by atoms with Gasteiger partial charge in [-0.3, -0.25) is 4.98 Å². The van der Waals surface area contributed by atoms with Crippen molar-refractivity contribution in [3.63, 3.8) is 0 Å². The van der Waals surface area contributed by atoms with Gasteiger partial charge in [0, 0.05) is 24.2 Å². The molecule has 8 nitrogen and oxygen atoms in total. The molecule has 0 aliphatic heterocycles. The number of pyridine rings is 1. The average molecular weight is 298 g/mol. The van der Waals surface area contributed by atoms with Gasteiger partial charge in [0.1, 0.15) is 11.4 Å². The van der Waals surface area contributed by atoms with Crippen LogP contribution in [0.1, 0.15) is 0 Å². The molecule has 0 saturated carbocycles. The van der Waals surface area contributed by atoms with Crippen LogP contribution in [0.25, 0.3) is 22.8 Å². The van der Waals surface area contributed by atoms with Crippen LogP contribution in [-0.2, 0) is 6.54 Å². The summed E-state index contributed by atoms with van der Waals surface area (Å²) in [5, 5.41) is 26.1. The molecule has 0 aromatic carbocycles. The van der Waals surface area contributed by atoms with E-state index in [1.807, 2.05) is 18.2 Å². The van der Waals surface area contributed by atoms with E-state index >= 15 is 0 Å². The first-order valence-corrected chi connectivity index (χ1v) is 6.69. The van der Waals surface area contributed by atoms with Crippen molar-refractivity contribution in [2.24, 2.45) is 0 Å². The van der Waals surface area contributed by atoms with E-state index in [-0.39, 0.29) is 13.2 Å². The monoisotopic (exact) mass is 298 g/mol. The lowest BCUT2D eigenvalue weighted by Gasteiger charge is -2.04. The van der Waals surface area contributed by atoms with Crippen LogP contribution in [0, 0.1) is 0 Å². The quantitative estimate of drug-likeness (QED) is 0.690. The molecule has 0 aliphatic rings. The zero-order chi connectivity index (χ0) is 15.4. The van der Waals surface area contributed by atoms with Gasteiger partial charge in [-0.25, -0.2) is 14.6 Å². The van der Waals surface area contributed by atoms with Crippen molar-refractivity contribution in [3.05, 3.63) is 43.0 Å². The van der Waals surface area contributed by atoms with Crippen LogP contribution >= 0.6 is 0 Å². The molecule has 3 aromatic heterocycles. The normalized spacial score (nSPS) is 12.3. The molecule has 112 valence electrons. The highest BCUT2D eigenvalue weighted by Gasteiger charge is 2.09. The summed E-state index contributed by atoms with van der Waals surface area (Å²) in [5.41, 5.74) is 2.01. The van der Waals surface area contributed by atoms with Crippen molar-refractivity contribution < 1.29 is 10.2 Å². The Balaban J connectivity index is 1.78. The maximum Gasteiger partial charge on any atom is 0.178 e. The molecule has 0 bridgehead atoms. The largest absolute Gasteiger partial charge is 0.394 e. The summed E-state index contributed by atoms with van der Waals surface area (Å²) < 4.78 is 1.46. The second-order valence-corrected chi connectivity index (χ2v) is 4.67. The molecule has 1 atom stereocenters. The third kappa shape index (κ3) is 3.13. The van der Waals surface area contributed by atoms with Crippen molar-refractivity contribution in [2.45, 2.75) is 12.6 Å². The van der Waals surface area contributed by atoms with Gasteiger partial charge in [-0.15, -0.1) is 5.10 Å². The first-order valence-electron chi connectivity index (χ1n) is 6.69. The molecule has 0 aliphatic carbocycles. The molecule has 2 N–H and O–H groups in total. The van der Waals surface area contributed by atoms with Gasteiger partial charge in [0.05, 0.1) is 25.5 Å². The summed E-state index contributed by atoms with van der Waals surface area (Å²) in [6.45, 7) is -0.145. The molecule has 0 radical (unpaired) electrons. The Hall–Kier alpha value is -2.71. The summed E-state index contributed by atoms with van der Waals surface area (Å²) in [4.78, 5) is 12.7. The van der Waals surface area contributed by atoms with E-state index in [2.05, 4.69) is 25.3 Å². The maximum atomic E-state index is 9.38. The molecule has 3 aromatic rings. The second kappa shape index (κ2) is 6.37. The zero-order valence-electron chi connectivity index (χ0n) is 11.6. The first-order chi connectivity index (χ1) is 10.8. The molecular formula is C14H14N6O2. The molecule has 0 spiro atoms. The third-order valence-electron chi connectivity index (χ3n) is 2.99. The number of hydrogen-bond acceptors (Lipinski definition) is 7. The minimum Gasteiger partial charge on any atom is -0.394 e. The molecular weight excluding hydrogens is 284 g/mol. The minimum atomic E-state index is -0.864. The summed E-state index contributed by atoms with van der Waals surface area (Å²) in [7, 11) is 0. The topological polar surface area (TPSA) is 110 Å². The maximum absolute atomic E-state index is 9.38. The lowest BCUT2D eigenvalue weighted by Crippen LogP contribution is -2.20. The number of aliphatic hydroxyl groups excluding tert-OH is 2. The number of hydrogen-bond donors (Lipinski definition) is 2. The van der Waals surface area contributed by atoms with Crippen LogP contribution in [0.5, 0.6) is 0 Å². The Morgan fingerprint density at radius 3 is 2.59 bits per heavy atom. The number of aromatic nitrogens is 6. The van der Waals surface area contributed by atoms with E-state index in [0.717, 1.165) is 0 Å². The Kier molecular flexibility index (Phi) is 4.12. The molecule has 0 saturated heterocycles. The molecule has 3 rings (SSSR count). The van der Waals surface area contributed by atoms with Gasteiger partial charge in [-0.05, 0) is 12.1 Å². The van der Waals surface area contributed by atoms with Crippen molar-refractivity contribution >= 4 is 0 Å². The highest BCUT2D eigenvalue weighted by atomic mass is 16.3. The van der Waals surface area contributed by atoms with Crippen molar-refractivity contribution in [2.75, 3.05) is 6.61 Å². The fourth-order valence-electron chi connectivity index (χ4n) is 1.88. The predicted octanol–water partition coefficient (Wildman–Crippen LogP) is 0.150. The summed E-state index contributed by atoms with van der Waals surface area (Å²) in [6, 6.07) is 5.54. The van der Waals surface area contributed by atoms with Gasteiger partial charge in [0.2, 0.25) is 0 Å². The highest BCUT2D eigenvalue weighted by Crippen LogP contribution is 2.16. The standard InChI is InChI=1S/C14H14N6O2/c21-9-11(22)7-20-8-13(18-19-20)10-5-16-14(17-6-10)12-3-1-2-4-15-12/h1-6,8,11,21-22H,7,9H2/t11-/m0/s1. The Morgan fingerprint density at radius 1 is 1.09 bits per heavy atom. The van der Waals surface area contributed by atoms with Gasteiger partial charge in [-0.1, -0.05) is 11.3 Å². The highest BCUT2D eigenvalue weighted by molar-refractivity contribution is 5.57. The van der Waals surface area contributed by atoms with E-state index in [1.54, 1.807) is 24.8 Å². The second-order valence-electron chi connectivity index (χ2n) is 4.67. The first kappa shape index (κ1) is 14.2. The van der Waals surface area contributed by atoms with Gasteiger partial charge in [-0.2, -0.15) is 0 Å². The van der Waals surface area contributed by atoms with Crippen LogP contribution in [-0.4, -0.2) is 52.9 Å². The van der Waals surface area contributed by atoms with Crippen LogP contribution < -0.4 is 0 Å². The van der Waals surface area contributed by atoms with Crippen LogP contribution in [0.3, 0.4) is 0 Å². The molecule has 0 unspecified atom stereocenters. The van der Waals surface area contributed by atoms with Crippen LogP contribution in [0.15, 0.2) is 43.0 Å². The number of nitrogens with zero attached hydrogens (tertiary/aromatic N) is 6. The minimum absolute atomic E-state index is 0.177. The molecule has 0 amide bonds. The Labute approximate surface area is 126 Å². The van der Waals surface area contributed by atoms with E-state index in [9.17, 15) is 5.11 Å². The summed E-state index contributed by atoms with van der Waals surface area (Å²) in [5.74, 6) is 0.535. The average Bonchev–Trinajstić information content (AvgIpc) is 3.04. The van der Waals surface area contributed by atoms with E-state index in [0.29, 0.717) is 22.8 Å². The summed E-state index contributed by atoms with van der Waals surface area (Å²) >= 11 is 0.